The molecule has 0 bridgehead atoms. The molecule has 0 fully saturated rings. The van der Waals surface area contributed by atoms with Crippen LogP contribution in [0.3, 0.4) is 0 Å². The molecule has 1 aromatic carbocycles. The number of anilines is 1. The molecule has 1 aliphatic heterocycles. The highest BCUT2D eigenvalue weighted by Crippen LogP contribution is 2.59. The number of aromatic carboxylic acids is 1. The van der Waals surface area contributed by atoms with Crippen molar-refractivity contribution in [3.8, 4) is 0 Å². The topological polar surface area (TPSA) is 93.9 Å². The Morgan fingerprint density at radius 2 is 2.04 bits per heavy atom. The first-order chi connectivity index (χ1) is 12.2. The highest BCUT2D eigenvalue weighted by molar-refractivity contribution is 8.25. The summed E-state index contributed by atoms with van der Waals surface area (Å²) in [5.41, 5.74) is 1.28. The van der Waals surface area contributed by atoms with Gasteiger partial charge in [0.25, 0.3) is 0 Å². The second kappa shape index (κ2) is 6.53. The fourth-order valence-electron chi connectivity index (χ4n) is 3.41. The minimum Gasteiger partial charge on any atom is -0.478 e. The van der Waals surface area contributed by atoms with Gasteiger partial charge in [0, 0.05) is 17.7 Å². The van der Waals surface area contributed by atoms with Crippen molar-refractivity contribution in [2.75, 3.05) is 4.31 Å². The van der Waals surface area contributed by atoms with Crippen LogP contribution in [0.2, 0.25) is 0 Å². The predicted octanol–water partition coefficient (Wildman–Crippen LogP) is 4.27. The van der Waals surface area contributed by atoms with E-state index in [1.165, 1.54) is 16.4 Å². The number of fused-ring (bicyclic) bond motifs is 1. The second-order valence-corrected chi connectivity index (χ2v) is 8.25. The van der Waals surface area contributed by atoms with Gasteiger partial charge in [0.15, 0.2) is 5.82 Å². The largest absolute Gasteiger partial charge is 0.478 e. The number of benzene rings is 1. The lowest BCUT2D eigenvalue weighted by Gasteiger charge is -2.51. The lowest BCUT2D eigenvalue weighted by atomic mass is 10.0. The van der Waals surface area contributed by atoms with E-state index in [9.17, 15) is 19.0 Å². The molecule has 8 heteroatoms. The van der Waals surface area contributed by atoms with E-state index in [0.29, 0.717) is 12.1 Å². The van der Waals surface area contributed by atoms with Crippen molar-refractivity contribution in [1.82, 2.24) is 4.98 Å². The molecule has 0 saturated heterocycles. The summed E-state index contributed by atoms with van der Waals surface area (Å²) in [7, 11) is -3.50. The minimum absolute atomic E-state index is 0.00873. The van der Waals surface area contributed by atoms with Crippen molar-refractivity contribution in [1.29, 1.82) is 0 Å². The number of rotatable bonds is 3. The first kappa shape index (κ1) is 18.6. The normalized spacial score (nSPS) is 19.8. The maximum atomic E-state index is 15.1. The molecule has 2 heterocycles. The molecular weight excluding hydrogens is 359 g/mol. The van der Waals surface area contributed by atoms with Crippen molar-refractivity contribution < 1.29 is 23.4 Å². The number of carboxylic acid groups (broad SMARTS) is 1. The van der Waals surface area contributed by atoms with Gasteiger partial charge in [-0.2, -0.15) is 0 Å². The highest BCUT2D eigenvalue weighted by Gasteiger charge is 2.39. The molecule has 140 valence electrons. The summed E-state index contributed by atoms with van der Waals surface area (Å²) in [6.07, 6.45) is 0.606. The van der Waals surface area contributed by atoms with Crippen LogP contribution < -0.4 is 4.31 Å². The SMILES string of the molecule is CCc1c(C(=O)O)ccc(N2C(C)Cc3nc(C)ccc3S2(O)O)c1F. The van der Waals surface area contributed by atoms with E-state index in [-0.39, 0.29) is 28.1 Å². The average molecular weight is 380 g/mol. The van der Waals surface area contributed by atoms with Crippen LogP contribution >= 0.6 is 10.8 Å². The van der Waals surface area contributed by atoms with Gasteiger partial charge in [0.05, 0.1) is 23.0 Å². The van der Waals surface area contributed by atoms with Gasteiger partial charge < -0.3 is 5.11 Å². The summed E-state index contributed by atoms with van der Waals surface area (Å²) in [6.45, 7) is 5.24. The monoisotopic (exact) mass is 380 g/mol. The first-order valence-electron chi connectivity index (χ1n) is 8.27. The van der Waals surface area contributed by atoms with Crippen molar-refractivity contribution >= 4 is 22.4 Å². The van der Waals surface area contributed by atoms with Gasteiger partial charge in [0.2, 0.25) is 0 Å². The zero-order valence-corrected chi connectivity index (χ0v) is 15.5. The van der Waals surface area contributed by atoms with Crippen LogP contribution in [0.4, 0.5) is 10.1 Å². The number of pyridine rings is 1. The molecule has 26 heavy (non-hydrogen) atoms. The smallest absolute Gasteiger partial charge is 0.336 e. The van der Waals surface area contributed by atoms with Crippen molar-refractivity contribution in [3.05, 3.63) is 52.6 Å². The highest BCUT2D eigenvalue weighted by atomic mass is 32.3. The van der Waals surface area contributed by atoms with Gasteiger partial charge in [-0.3, -0.25) is 18.4 Å². The molecule has 1 atom stereocenters. The molecule has 0 aliphatic carbocycles. The van der Waals surface area contributed by atoms with E-state index in [1.807, 2.05) is 6.92 Å². The van der Waals surface area contributed by atoms with Crippen LogP contribution in [0.5, 0.6) is 0 Å². The number of carbonyl (C=O) groups is 1. The van der Waals surface area contributed by atoms with Crippen LogP contribution in [-0.2, 0) is 12.8 Å². The summed E-state index contributed by atoms with van der Waals surface area (Å²) in [6, 6.07) is 5.48. The molecule has 1 aromatic heterocycles. The van der Waals surface area contributed by atoms with Crippen LogP contribution in [0.25, 0.3) is 0 Å². The number of aryl methyl sites for hydroxylation is 1. The summed E-state index contributed by atoms with van der Waals surface area (Å²) in [5, 5.41) is 9.25. The predicted molar refractivity (Wildman–Crippen MR) is 98.5 cm³/mol. The molecule has 6 nitrogen and oxygen atoms in total. The minimum atomic E-state index is -3.50. The van der Waals surface area contributed by atoms with E-state index < -0.39 is 28.6 Å². The maximum absolute atomic E-state index is 15.1. The summed E-state index contributed by atoms with van der Waals surface area (Å²) in [4.78, 5) is 16.0. The number of halogens is 1. The standard InChI is InChI=1S/C18H21FN2O4S/c1-4-12-13(18(22)23)6-7-15(17(12)19)21-11(3)9-14-16(26(21,24)25)8-5-10(2)20-14/h5-8,11,24-25H,4,9H2,1-3H3,(H,22,23). The van der Waals surface area contributed by atoms with Gasteiger partial charge in [-0.15, -0.1) is 0 Å². The second-order valence-electron chi connectivity index (χ2n) is 6.38. The molecule has 0 spiro atoms. The van der Waals surface area contributed by atoms with E-state index in [4.69, 9.17) is 0 Å². The van der Waals surface area contributed by atoms with Crippen molar-refractivity contribution in [2.24, 2.45) is 0 Å². The molecule has 1 aliphatic rings. The number of nitrogens with zero attached hydrogens (tertiary/aromatic N) is 2. The van der Waals surface area contributed by atoms with E-state index in [0.717, 1.165) is 5.69 Å². The lowest BCUT2D eigenvalue weighted by molar-refractivity contribution is 0.0695. The molecule has 3 rings (SSSR count). The quantitative estimate of drug-likeness (QED) is 0.736. The van der Waals surface area contributed by atoms with Gasteiger partial charge >= 0.3 is 5.97 Å². The fraction of sp³-hybridized carbons (Fsp3) is 0.333. The Morgan fingerprint density at radius 3 is 2.65 bits per heavy atom. The first-order valence-corrected chi connectivity index (χ1v) is 9.77. The van der Waals surface area contributed by atoms with E-state index in [2.05, 4.69) is 4.98 Å². The van der Waals surface area contributed by atoms with Crippen LogP contribution in [0.15, 0.2) is 29.2 Å². The number of carboxylic acids is 1. The van der Waals surface area contributed by atoms with Crippen LogP contribution in [-0.4, -0.2) is 31.2 Å². The van der Waals surface area contributed by atoms with Gasteiger partial charge in [-0.1, -0.05) is 17.7 Å². The Balaban J connectivity index is 2.18. The molecule has 0 saturated carbocycles. The van der Waals surface area contributed by atoms with E-state index in [1.54, 1.807) is 26.0 Å². The fourth-order valence-corrected chi connectivity index (χ4v) is 5.31. The lowest BCUT2D eigenvalue weighted by Crippen LogP contribution is -2.42. The molecule has 1 unspecified atom stereocenters. The molecule has 0 amide bonds. The Bertz CT molecular complexity index is 888. The Morgan fingerprint density at radius 1 is 1.35 bits per heavy atom. The van der Waals surface area contributed by atoms with Gasteiger partial charge in [-0.25, -0.2) is 9.18 Å². The van der Waals surface area contributed by atoms with Crippen molar-refractivity contribution in [2.45, 2.75) is 44.6 Å². The Labute approximate surface area is 152 Å². The summed E-state index contributed by atoms with van der Waals surface area (Å²) in [5.74, 6) is -1.95. The average Bonchev–Trinajstić information content (AvgIpc) is 2.54. The maximum Gasteiger partial charge on any atom is 0.336 e. The third-order valence-corrected chi connectivity index (χ3v) is 6.64. The van der Waals surface area contributed by atoms with Crippen molar-refractivity contribution in [3.63, 3.8) is 0 Å². The Hall–Kier alpha value is -2.16. The number of hydrogen-bond donors (Lipinski definition) is 3. The van der Waals surface area contributed by atoms with E-state index >= 15 is 4.39 Å². The summed E-state index contributed by atoms with van der Waals surface area (Å²) >= 11 is 0. The third kappa shape index (κ3) is 2.84. The third-order valence-electron chi connectivity index (χ3n) is 4.57. The molecular formula is C18H21FN2O4S. The Kier molecular flexibility index (Phi) is 4.68. The zero-order valence-electron chi connectivity index (χ0n) is 14.7. The number of hydrogen-bond acceptors (Lipinski definition) is 5. The number of aromatic nitrogens is 1. The van der Waals surface area contributed by atoms with Crippen LogP contribution in [0.1, 0.15) is 41.2 Å². The molecule has 0 radical (unpaired) electrons. The molecule has 3 N–H and O–H groups in total. The summed E-state index contributed by atoms with van der Waals surface area (Å²) < 4.78 is 38.2. The molecule has 2 aromatic rings. The zero-order chi connectivity index (χ0) is 19.2. The van der Waals surface area contributed by atoms with Gasteiger partial charge in [-0.05, 0) is 44.5 Å². The van der Waals surface area contributed by atoms with Crippen LogP contribution in [0, 0.1) is 12.7 Å². The van der Waals surface area contributed by atoms with Gasteiger partial charge in [0.1, 0.15) is 4.90 Å².